The number of hydrogen-bond donors (Lipinski definition) is 2. The van der Waals surface area contributed by atoms with Crippen LogP contribution in [0.1, 0.15) is 29.6 Å². The zero-order chi connectivity index (χ0) is 16.9. The molecule has 0 unspecified atom stereocenters. The number of hydrogen-bond acceptors (Lipinski definition) is 4. The van der Waals surface area contributed by atoms with E-state index in [-0.39, 0.29) is 5.91 Å². The molecule has 5 heteroatoms. The Morgan fingerprint density at radius 2 is 1.92 bits per heavy atom. The van der Waals surface area contributed by atoms with Crippen molar-refractivity contribution < 1.29 is 9.53 Å². The maximum absolute atomic E-state index is 12.4. The number of methoxy groups -OCH3 is 1. The van der Waals surface area contributed by atoms with Gasteiger partial charge >= 0.3 is 0 Å². The molecule has 3 N–H and O–H groups in total. The molecule has 0 saturated carbocycles. The fraction of sp³-hybridized carbons (Fsp3) is 0.316. The molecule has 0 atom stereocenters. The molecule has 0 aliphatic carbocycles. The van der Waals surface area contributed by atoms with Gasteiger partial charge in [-0.25, -0.2) is 0 Å². The van der Waals surface area contributed by atoms with Gasteiger partial charge in [0.15, 0.2) is 0 Å². The summed E-state index contributed by atoms with van der Waals surface area (Å²) in [6, 6.07) is 12.8. The number of anilines is 3. The van der Waals surface area contributed by atoms with Crippen LogP contribution in [0, 0.1) is 0 Å². The van der Waals surface area contributed by atoms with Crippen LogP contribution in [-0.2, 0) is 0 Å². The summed E-state index contributed by atoms with van der Waals surface area (Å²) in [7, 11) is 1.58. The lowest BCUT2D eigenvalue weighted by atomic mass is 10.1. The van der Waals surface area contributed by atoms with E-state index in [0.717, 1.165) is 18.8 Å². The summed E-state index contributed by atoms with van der Waals surface area (Å²) < 4.78 is 5.15. The number of rotatable bonds is 4. The first-order valence-corrected chi connectivity index (χ1v) is 8.27. The van der Waals surface area contributed by atoms with Gasteiger partial charge in [-0.3, -0.25) is 4.79 Å². The number of nitrogens with zero attached hydrogens (tertiary/aromatic N) is 1. The third kappa shape index (κ3) is 3.62. The van der Waals surface area contributed by atoms with Crippen molar-refractivity contribution in [1.82, 2.24) is 0 Å². The second-order valence-electron chi connectivity index (χ2n) is 6.01. The number of piperidine rings is 1. The molecule has 5 nitrogen and oxygen atoms in total. The van der Waals surface area contributed by atoms with Crippen LogP contribution in [0.5, 0.6) is 5.75 Å². The molecule has 0 bridgehead atoms. The molecule has 0 spiro atoms. The second kappa shape index (κ2) is 7.25. The van der Waals surface area contributed by atoms with Gasteiger partial charge in [-0.1, -0.05) is 6.07 Å². The van der Waals surface area contributed by atoms with E-state index in [1.165, 1.54) is 19.3 Å². The Hall–Kier alpha value is -2.69. The summed E-state index contributed by atoms with van der Waals surface area (Å²) in [5.74, 6) is 0.474. The summed E-state index contributed by atoms with van der Waals surface area (Å²) in [5, 5.41) is 2.89. The maximum Gasteiger partial charge on any atom is 0.255 e. The molecule has 1 aliphatic rings. The van der Waals surface area contributed by atoms with Gasteiger partial charge in [-0.15, -0.1) is 0 Å². The molecule has 1 saturated heterocycles. The number of ether oxygens (including phenoxy) is 1. The maximum atomic E-state index is 12.4. The predicted octanol–water partition coefficient (Wildman–Crippen LogP) is 3.52. The molecule has 1 aliphatic heterocycles. The molecular weight excluding hydrogens is 302 g/mol. The molecule has 1 amide bonds. The number of nitrogens with one attached hydrogen (secondary N) is 1. The number of nitrogens with two attached hydrogens (primary N) is 1. The minimum Gasteiger partial charge on any atom is -0.497 e. The van der Waals surface area contributed by atoms with Gasteiger partial charge in [-0.05, 0) is 55.7 Å². The second-order valence-corrected chi connectivity index (χ2v) is 6.01. The molecule has 126 valence electrons. The van der Waals surface area contributed by atoms with Gasteiger partial charge in [0, 0.05) is 24.3 Å². The molecule has 0 aromatic heterocycles. The Balaban J connectivity index is 1.73. The Bertz CT molecular complexity index is 724. The third-order valence-electron chi connectivity index (χ3n) is 4.31. The third-order valence-corrected chi connectivity index (χ3v) is 4.31. The van der Waals surface area contributed by atoms with Crippen molar-refractivity contribution in [1.29, 1.82) is 0 Å². The molecule has 1 heterocycles. The zero-order valence-corrected chi connectivity index (χ0v) is 13.9. The number of benzene rings is 2. The van der Waals surface area contributed by atoms with Crippen molar-refractivity contribution in [3.8, 4) is 5.75 Å². The summed E-state index contributed by atoms with van der Waals surface area (Å²) in [6.07, 6.45) is 3.69. The average molecular weight is 325 g/mol. The molecule has 0 radical (unpaired) electrons. The Morgan fingerprint density at radius 3 is 2.62 bits per heavy atom. The number of carbonyl (C=O) groups excluding carboxylic acids is 1. The molecular formula is C19H23N3O2. The van der Waals surface area contributed by atoms with Crippen LogP contribution in [0.25, 0.3) is 0 Å². The van der Waals surface area contributed by atoms with Crippen molar-refractivity contribution in [3.05, 3.63) is 48.0 Å². The van der Waals surface area contributed by atoms with Crippen LogP contribution in [0.3, 0.4) is 0 Å². The quantitative estimate of drug-likeness (QED) is 0.844. The van der Waals surface area contributed by atoms with E-state index in [1.807, 2.05) is 24.3 Å². The highest BCUT2D eigenvalue weighted by Gasteiger charge is 2.14. The van der Waals surface area contributed by atoms with E-state index in [1.54, 1.807) is 25.3 Å². The van der Waals surface area contributed by atoms with Crippen LogP contribution >= 0.6 is 0 Å². The van der Waals surface area contributed by atoms with Gasteiger partial charge in [0.1, 0.15) is 5.75 Å². The topological polar surface area (TPSA) is 67.6 Å². The number of carbonyl (C=O) groups is 1. The summed E-state index contributed by atoms with van der Waals surface area (Å²) >= 11 is 0. The predicted molar refractivity (Wildman–Crippen MR) is 97.9 cm³/mol. The normalized spacial score (nSPS) is 14.3. The zero-order valence-electron chi connectivity index (χ0n) is 13.9. The van der Waals surface area contributed by atoms with Gasteiger partial charge in [0.05, 0.1) is 18.5 Å². The van der Waals surface area contributed by atoms with Gasteiger partial charge in [0.25, 0.3) is 5.91 Å². The smallest absolute Gasteiger partial charge is 0.255 e. The minimum atomic E-state index is -0.181. The molecule has 2 aromatic rings. The van der Waals surface area contributed by atoms with Crippen LogP contribution in [-0.4, -0.2) is 26.1 Å². The highest BCUT2D eigenvalue weighted by molar-refractivity contribution is 6.04. The first-order valence-electron chi connectivity index (χ1n) is 8.27. The van der Waals surface area contributed by atoms with E-state index >= 15 is 0 Å². The molecule has 1 fully saturated rings. The van der Waals surface area contributed by atoms with Crippen molar-refractivity contribution in [2.75, 3.05) is 36.1 Å². The summed E-state index contributed by atoms with van der Waals surface area (Å²) in [5.41, 5.74) is 9.19. The largest absolute Gasteiger partial charge is 0.497 e. The van der Waals surface area contributed by atoms with E-state index in [4.69, 9.17) is 10.5 Å². The Kier molecular flexibility index (Phi) is 4.89. The van der Waals surface area contributed by atoms with Gasteiger partial charge in [-0.2, -0.15) is 0 Å². The van der Waals surface area contributed by atoms with Gasteiger partial charge in [0.2, 0.25) is 0 Å². The lowest BCUT2D eigenvalue weighted by Crippen LogP contribution is -2.30. The standard InChI is InChI=1S/C19H23N3O2/c1-24-16-7-5-6-14(12-16)19(23)21-15-8-9-18(17(20)13-15)22-10-3-2-4-11-22/h5-9,12-13H,2-4,10-11,20H2,1H3,(H,21,23). The summed E-state index contributed by atoms with van der Waals surface area (Å²) in [6.45, 7) is 2.08. The Morgan fingerprint density at radius 1 is 1.12 bits per heavy atom. The fourth-order valence-electron chi connectivity index (χ4n) is 3.02. The van der Waals surface area contributed by atoms with E-state index in [0.29, 0.717) is 22.7 Å². The first kappa shape index (κ1) is 16.2. The van der Waals surface area contributed by atoms with Crippen LogP contribution < -0.4 is 20.7 Å². The van der Waals surface area contributed by atoms with Crippen molar-refractivity contribution in [2.45, 2.75) is 19.3 Å². The number of amides is 1. The monoisotopic (exact) mass is 325 g/mol. The molecule has 3 rings (SSSR count). The first-order chi connectivity index (χ1) is 11.7. The van der Waals surface area contributed by atoms with E-state index in [2.05, 4.69) is 10.2 Å². The van der Waals surface area contributed by atoms with Crippen LogP contribution in [0.2, 0.25) is 0 Å². The van der Waals surface area contributed by atoms with Crippen LogP contribution in [0.15, 0.2) is 42.5 Å². The molecule has 24 heavy (non-hydrogen) atoms. The van der Waals surface area contributed by atoms with E-state index in [9.17, 15) is 4.79 Å². The minimum absolute atomic E-state index is 0.181. The molecule has 2 aromatic carbocycles. The Labute approximate surface area is 142 Å². The fourth-order valence-corrected chi connectivity index (χ4v) is 3.02. The van der Waals surface area contributed by atoms with Gasteiger partial charge < -0.3 is 20.7 Å². The highest BCUT2D eigenvalue weighted by Crippen LogP contribution is 2.29. The lowest BCUT2D eigenvalue weighted by Gasteiger charge is -2.30. The highest BCUT2D eigenvalue weighted by atomic mass is 16.5. The van der Waals surface area contributed by atoms with Crippen LogP contribution in [0.4, 0.5) is 17.1 Å². The van der Waals surface area contributed by atoms with E-state index < -0.39 is 0 Å². The lowest BCUT2D eigenvalue weighted by molar-refractivity contribution is 0.102. The average Bonchev–Trinajstić information content (AvgIpc) is 2.62. The number of nitrogen functional groups attached to an aromatic ring is 1. The van der Waals surface area contributed by atoms with Crippen molar-refractivity contribution in [3.63, 3.8) is 0 Å². The van der Waals surface area contributed by atoms with Crippen molar-refractivity contribution >= 4 is 23.0 Å². The van der Waals surface area contributed by atoms with Crippen molar-refractivity contribution in [2.24, 2.45) is 0 Å². The SMILES string of the molecule is COc1cccc(C(=O)Nc2ccc(N3CCCCC3)c(N)c2)c1. The summed E-state index contributed by atoms with van der Waals surface area (Å²) in [4.78, 5) is 14.7.